The molecule has 0 aromatic carbocycles. The van der Waals surface area contributed by atoms with Crippen LogP contribution < -0.4 is 5.32 Å². The molecular weight excluding hydrogens is 238 g/mol. The Morgan fingerprint density at radius 2 is 2.35 bits per heavy atom. The van der Waals surface area contributed by atoms with Gasteiger partial charge in [0.2, 0.25) is 5.91 Å². The van der Waals surface area contributed by atoms with Crippen molar-refractivity contribution in [3.63, 3.8) is 0 Å². The molecule has 6 heteroatoms. The highest BCUT2D eigenvalue weighted by Gasteiger charge is 2.10. The molecular formula is C11H17N3O2S. The number of nitrogens with one attached hydrogen (secondary N) is 1. The van der Waals surface area contributed by atoms with Gasteiger partial charge in [-0.15, -0.1) is 11.3 Å². The maximum absolute atomic E-state index is 11.6. The van der Waals surface area contributed by atoms with E-state index in [-0.39, 0.29) is 5.91 Å². The summed E-state index contributed by atoms with van der Waals surface area (Å²) in [6, 6.07) is 0. The zero-order chi connectivity index (χ0) is 11.9. The normalized spacial score (nSPS) is 16.9. The Labute approximate surface area is 105 Å². The largest absolute Gasteiger partial charge is 0.379 e. The number of thiazole rings is 1. The van der Waals surface area contributed by atoms with Gasteiger partial charge in [-0.2, -0.15) is 0 Å². The van der Waals surface area contributed by atoms with Crippen molar-refractivity contribution in [1.82, 2.24) is 15.2 Å². The number of morpholine rings is 1. The highest BCUT2D eigenvalue weighted by molar-refractivity contribution is 7.07. The van der Waals surface area contributed by atoms with Crippen molar-refractivity contribution in [1.29, 1.82) is 0 Å². The molecule has 0 unspecified atom stereocenters. The summed E-state index contributed by atoms with van der Waals surface area (Å²) < 4.78 is 5.26. The highest BCUT2D eigenvalue weighted by Crippen LogP contribution is 2.01. The minimum atomic E-state index is 0.0455. The van der Waals surface area contributed by atoms with Crippen LogP contribution in [0.4, 0.5) is 0 Å². The van der Waals surface area contributed by atoms with E-state index in [9.17, 15) is 4.79 Å². The summed E-state index contributed by atoms with van der Waals surface area (Å²) in [5.74, 6) is 0.0455. The number of aromatic nitrogens is 1. The minimum Gasteiger partial charge on any atom is -0.379 e. The number of hydrogen-bond donors (Lipinski definition) is 1. The summed E-state index contributed by atoms with van der Waals surface area (Å²) in [7, 11) is 0. The van der Waals surface area contributed by atoms with Crippen LogP contribution in [0.5, 0.6) is 0 Å². The van der Waals surface area contributed by atoms with Crippen molar-refractivity contribution in [2.24, 2.45) is 0 Å². The molecule has 0 atom stereocenters. The van der Waals surface area contributed by atoms with Crippen molar-refractivity contribution in [3.8, 4) is 0 Å². The van der Waals surface area contributed by atoms with E-state index in [1.807, 2.05) is 5.38 Å². The lowest BCUT2D eigenvalue weighted by molar-refractivity contribution is -0.120. The lowest BCUT2D eigenvalue weighted by Gasteiger charge is -2.26. The zero-order valence-corrected chi connectivity index (χ0v) is 10.5. The average molecular weight is 255 g/mol. The van der Waals surface area contributed by atoms with Crippen molar-refractivity contribution < 1.29 is 9.53 Å². The topological polar surface area (TPSA) is 54.5 Å². The van der Waals surface area contributed by atoms with Crippen LogP contribution in [0, 0.1) is 0 Å². The average Bonchev–Trinajstić information content (AvgIpc) is 2.83. The summed E-state index contributed by atoms with van der Waals surface area (Å²) in [5, 5.41) is 4.82. The second-order valence-electron chi connectivity index (χ2n) is 3.96. The SMILES string of the molecule is O=C(Cc1cscn1)NCCN1CCOCC1. The summed E-state index contributed by atoms with van der Waals surface area (Å²) in [6.07, 6.45) is 0.382. The Morgan fingerprint density at radius 3 is 3.06 bits per heavy atom. The highest BCUT2D eigenvalue weighted by atomic mass is 32.1. The minimum absolute atomic E-state index is 0.0455. The number of hydrogen-bond acceptors (Lipinski definition) is 5. The van der Waals surface area contributed by atoms with Gasteiger partial charge in [-0.3, -0.25) is 9.69 Å². The molecule has 0 radical (unpaired) electrons. The Bertz CT molecular complexity index is 336. The van der Waals surface area contributed by atoms with Crippen molar-refractivity contribution >= 4 is 17.2 Å². The molecule has 1 fully saturated rings. The molecule has 1 aromatic rings. The van der Waals surface area contributed by atoms with E-state index >= 15 is 0 Å². The number of amides is 1. The molecule has 0 bridgehead atoms. The molecule has 1 aliphatic heterocycles. The Kier molecular flexibility index (Phi) is 4.90. The van der Waals surface area contributed by atoms with E-state index in [1.165, 1.54) is 11.3 Å². The molecule has 1 saturated heterocycles. The van der Waals surface area contributed by atoms with Gasteiger partial charge < -0.3 is 10.1 Å². The maximum Gasteiger partial charge on any atom is 0.226 e. The molecule has 0 spiro atoms. The molecule has 94 valence electrons. The van der Waals surface area contributed by atoms with Gasteiger partial charge in [0, 0.05) is 31.6 Å². The van der Waals surface area contributed by atoms with Gasteiger partial charge in [-0.05, 0) is 0 Å². The quantitative estimate of drug-likeness (QED) is 0.813. The van der Waals surface area contributed by atoms with Crippen LogP contribution in [0.2, 0.25) is 0 Å². The van der Waals surface area contributed by atoms with Gasteiger partial charge >= 0.3 is 0 Å². The molecule has 1 aromatic heterocycles. The third kappa shape index (κ3) is 4.41. The van der Waals surface area contributed by atoms with Crippen LogP contribution in [0.1, 0.15) is 5.69 Å². The molecule has 1 aliphatic rings. The van der Waals surface area contributed by atoms with E-state index < -0.39 is 0 Å². The van der Waals surface area contributed by atoms with Crippen LogP contribution >= 0.6 is 11.3 Å². The maximum atomic E-state index is 11.6. The molecule has 0 saturated carbocycles. The monoisotopic (exact) mass is 255 g/mol. The van der Waals surface area contributed by atoms with Gasteiger partial charge in [-0.1, -0.05) is 0 Å². The first kappa shape index (κ1) is 12.5. The number of rotatable bonds is 5. The van der Waals surface area contributed by atoms with Gasteiger partial charge in [0.25, 0.3) is 0 Å². The predicted molar refractivity (Wildman–Crippen MR) is 66.1 cm³/mol. The van der Waals surface area contributed by atoms with Crippen LogP contribution in [0.3, 0.4) is 0 Å². The molecule has 1 N–H and O–H groups in total. The summed E-state index contributed by atoms with van der Waals surface area (Å²) in [5.41, 5.74) is 2.59. The summed E-state index contributed by atoms with van der Waals surface area (Å²) in [6.45, 7) is 5.11. The fraction of sp³-hybridized carbons (Fsp3) is 0.636. The van der Waals surface area contributed by atoms with E-state index in [1.54, 1.807) is 5.51 Å². The number of carbonyl (C=O) groups excluding carboxylic acids is 1. The first-order valence-electron chi connectivity index (χ1n) is 5.78. The first-order chi connectivity index (χ1) is 8.34. The summed E-state index contributed by atoms with van der Waals surface area (Å²) in [4.78, 5) is 17.9. The van der Waals surface area contributed by atoms with Crippen molar-refractivity contribution in [2.45, 2.75) is 6.42 Å². The molecule has 1 amide bonds. The number of carbonyl (C=O) groups is 1. The van der Waals surface area contributed by atoms with E-state index in [0.717, 1.165) is 38.5 Å². The van der Waals surface area contributed by atoms with Gasteiger partial charge in [0.1, 0.15) is 0 Å². The first-order valence-corrected chi connectivity index (χ1v) is 6.73. The fourth-order valence-electron chi connectivity index (χ4n) is 1.73. The standard InChI is InChI=1S/C11H17N3O2S/c15-11(7-10-8-17-9-13-10)12-1-2-14-3-5-16-6-4-14/h8-9H,1-7H2,(H,12,15). The third-order valence-corrected chi connectivity index (χ3v) is 3.31. The second kappa shape index (κ2) is 6.68. The molecule has 2 heterocycles. The van der Waals surface area contributed by atoms with Gasteiger partial charge in [0.05, 0.1) is 30.8 Å². The smallest absolute Gasteiger partial charge is 0.226 e. The molecule has 17 heavy (non-hydrogen) atoms. The molecule has 0 aliphatic carbocycles. The molecule has 5 nitrogen and oxygen atoms in total. The number of ether oxygens (including phenoxy) is 1. The Morgan fingerprint density at radius 1 is 1.53 bits per heavy atom. The van der Waals surface area contributed by atoms with E-state index in [2.05, 4.69) is 15.2 Å². The van der Waals surface area contributed by atoms with Crippen molar-refractivity contribution in [2.75, 3.05) is 39.4 Å². The van der Waals surface area contributed by atoms with Crippen molar-refractivity contribution in [3.05, 3.63) is 16.6 Å². The zero-order valence-electron chi connectivity index (χ0n) is 9.72. The third-order valence-electron chi connectivity index (χ3n) is 2.68. The van der Waals surface area contributed by atoms with E-state index in [4.69, 9.17) is 4.74 Å². The van der Waals surface area contributed by atoms with Gasteiger partial charge in [0.15, 0.2) is 0 Å². The predicted octanol–water partition coefficient (Wildman–Crippen LogP) is 0.134. The molecule has 2 rings (SSSR count). The Hall–Kier alpha value is -0.980. The lowest BCUT2D eigenvalue weighted by atomic mass is 10.3. The lowest BCUT2D eigenvalue weighted by Crippen LogP contribution is -2.41. The summed E-state index contributed by atoms with van der Waals surface area (Å²) >= 11 is 1.51. The van der Waals surface area contributed by atoms with Crippen LogP contribution in [-0.4, -0.2) is 55.2 Å². The van der Waals surface area contributed by atoms with E-state index in [0.29, 0.717) is 13.0 Å². The van der Waals surface area contributed by atoms with Gasteiger partial charge in [-0.25, -0.2) is 4.98 Å². The second-order valence-corrected chi connectivity index (χ2v) is 4.68. The number of nitrogens with zero attached hydrogens (tertiary/aromatic N) is 2. The fourth-order valence-corrected chi connectivity index (χ4v) is 2.29. The van der Waals surface area contributed by atoms with Crippen LogP contribution in [0.25, 0.3) is 0 Å². The van der Waals surface area contributed by atoms with Crippen LogP contribution in [-0.2, 0) is 16.0 Å². The Balaban J connectivity index is 1.59. The van der Waals surface area contributed by atoms with Crippen LogP contribution in [0.15, 0.2) is 10.9 Å².